The highest BCUT2D eigenvalue weighted by atomic mass is 35.5. The van der Waals surface area contributed by atoms with E-state index in [2.05, 4.69) is 25.5 Å². The number of aliphatic hydroxyl groups is 2. The number of aliphatic hydroxyl groups excluding tert-OH is 2. The minimum absolute atomic E-state index is 0. The molecule has 1 amide bonds. The molecule has 0 saturated carbocycles. The second kappa shape index (κ2) is 13.1. The highest BCUT2D eigenvalue weighted by Gasteiger charge is 2.29. The van der Waals surface area contributed by atoms with Gasteiger partial charge in [0.1, 0.15) is 5.82 Å². The number of likely N-dealkylation sites (tertiary alicyclic amines) is 1. The van der Waals surface area contributed by atoms with Crippen LogP contribution in [0.2, 0.25) is 0 Å². The number of β-amino-alcohol motifs (C(OH)–C–C–N with tert-alkyl or cyclic N) is 2. The molecule has 2 aliphatic heterocycles. The smallest absolute Gasteiger partial charge is 0.235 e. The fraction of sp³-hybridized carbons (Fsp3) is 0.400. The van der Waals surface area contributed by atoms with Crippen LogP contribution in [0.1, 0.15) is 23.8 Å². The molecule has 0 radical (unpaired) electrons. The first kappa shape index (κ1) is 29.4. The molecule has 2 aromatic heterocycles. The highest BCUT2D eigenvalue weighted by molar-refractivity contribution is 8.00. The molecule has 0 aliphatic carbocycles. The predicted molar refractivity (Wildman–Crippen MR) is 149 cm³/mol. The van der Waals surface area contributed by atoms with Crippen molar-refractivity contribution in [1.82, 2.24) is 20.2 Å². The van der Waals surface area contributed by atoms with Gasteiger partial charge >= 0.3 is 0 Å². The Bertz CT molecular complexity index is 1240. The fourth-order valence-electron chi connectivity index (χ4n) is 4.62. The molecule has 0 unspecified atom stereocenters. The number of pyridine rings is 2. The number of rotatable bonds is 7. The molecule has 4 N–H and O–H groups in total. The third-order valence-corrected chi connectivity index (χ3v) is 7.52. The number of amides is 1. The number of nitrogens with zero attached hydrogens (tertiary/aromatic N) is 3. The van der Waals surface area contributed by atoms with Crippen LogP contribution < -0.4 is 15.4 Å². The molecule has 1 fully saturated rings. The zero-order chi connectivity index (χ0) is 24.4. The number of piperidine rings is 1. The molecule has 4 heterocycles. The van der Waals surface area contributed by atoms with Crippen LogP contribution in [-0.2, 0) is 11.3 Å². The molecule has 3 atom stereocenters. The Labute approximate surface area is 232 Å². The lowest BCUT2D eigenvalue weighted by Gasteiger charge is -2.37. The standard InChI is InChI=1S/C25H29N5O4S.2ClH/c1-34-23-8-5-15-3-2-4-17(24(15)29-23)19(31)12-30-10-9-18(20(32)13-30)26-11-16-6-7-21-25(27-16)28-22(33)14-35-21;;/h2-8,18-20,26,31-32H,9-14H2,1H3,(H,27,28,33);2*1H/t18-,19-,20-;;/m0../s1. The van der Waals surface area contributed by atoms with Gasteiger partial charge in [-0.1, -0.05) is 18.2 Å². The van der Waals surface area contributed by atoms with E-state index in [1.807, 2.05) is 36.4 Å². The van der Waals surface area contributed by atoms with Crippen LogP contribution >= 0.6 is 36.6 Å². The zero-order valence-electron chi connectivity index (χ0n) is 20.3. The molecule has 200 valence electrons. The quantitative estimate of drug-likeness (QED) is 0.341. The average Bonchev–Trinajstić information content (AvgIpc) is 2.87. The minimum atomic E-state index is -0.734. The van der Waals surface area contributed by atoms with Crippen molar-refractivity contribution in [1.29, 1.82) is 0 Å². The number of carbonyl (C=O) groups is 1. The number of halogens is 2. The normalized spacial score (nSPS) is 20.2. The number of benzene rings is 1. The van der Waals surface area contributed by atoms with Crippen LogP contribution in [0.3, 0.4) is 0 Å². The van der Waals surface area contributed by atoms with Crippen molar-refractivity contribution in [2.24, 2.45) is 0 Å². The number of para-hydroxylation sites is 1. The van der Waals surface area contributed by atoms with Gasteiger partial charge < -0.3 is 25.6 Å². The number of carbonyl (C=O) groups excluding carboxylic acids is 1. The molecule has 1 saturated heterocycles. The summed E-state index contributed by atoms with van der Waals surface area (Å²) >= 11 is 1.49. The molecular weight excluding hydrogens is 537 g/mol. The van der Waals surface area contributed by atoms with Crippen LogP contribution in [0.4, 0.5) is 5.82 Å². The number of ether oxygens (including phenoxy) is 1. The number of fused-ring (bicyclic) bond motifs is 2. The summed E-state index contributed by atoms with van der Waals surface area (Å²) in [6.07, 6.45) is -0.565. The van der Waals surface area contributed by atoms with E-state index < -0.39 is 12.2 Å². The van der Waals surface area contributed by atoms with E-state index >= 15 is 0 Å². The van der Waals surface area contributed by atoms with Crippen LogP contribution in [0.5, 0.6) is 5.88 Å². The number of anilines is 1. The van der Waals surface area contributed by atoms with Gasteiger partial charge in [-0.25, -0.2) is 9.97 Å². The molecule has 3 aromatic rings. The van der Waals surface area contributed by atoms with Crippen molar-refractivity contribution in [2.45, 2.75) is 36.1 Å². The molecule has 0 bridgehead atoms. The highest BCUT2D eigenvalue weighted by Crippen LogP contribution is 2.30. The maximum Gasteiger partial charge on any atom is 0.235 e. The molecule has 0 spiro atoms. The number of nitrogens with one attached hydrogen (secondary N) is 2. The van der Waals surface area contributed by atoms with Crippen LogP contribution in [0.25, 0.3) is 10.9 Å². The topological polar surface area (TPSA) is 120 Å². The molecular formula is C25H31Cl2N5O4S. The van der Waals surface area contributed by atoms with E-state index in [1.54, 1.807) is 13.2 Å². The van der Waals surface area contributed by atoms with Gasteiger partial charge in [0.15, 0.2) is 0 Å². The summed E-state index contributed by atoms with van der Waals surface area (Å²) in [5.74, 6) is 1.49. The molecule has 5 rings (SSSR count). The first-order chi connectivity index (χ1) is 17.0. The Hall–Kier alpha value is -2.18. The monoisotopic (exact) mass is 567 g/mol. The summed E-state index contributed by atoms with van der Waals surface area (Å²) in [7, 11) is 1.57. The van der Waals surface area contributed by atoms with Gasteiger partial charge in [0.25, 0.3) is 0 Å². The van der Waals surface area contributed by atoms with E-state index in [-0.39, 0.29) is 36.8 Å². The van der Waals surface area contributed by atoms with Gasteiger partial charge in [0.2, 0.25) is 11.8 Å². The largest absolute Gasteiger partial charge is 0.481 e. The Balaban J connectivity index is 0.00000190. The molecule has 12 heteroatoms. The summed E-state index contributed by atoms with van der Waals surface area (Å²) in [6.45, 7) is 2.12. The maximum atomic E-state index is 11.6. The maximum absolute atomic E-state index is 11.6. The Morgan fingerprint density at radius 2 is 2.05 bits per heavy atom. The van der Waals surface area contributed by atoms with Crippen molar-refractivity contribution in [3.05, 3.63) is 53.7 Å². The number of thioether (sulfide) groups is 1. The van der Waals surface area contributed by atoms with E-state index in [0.29, 0.717) is 37.1 Å². The van der Waals surface area contributed by atoms with Crippen molar-refractivity contribution < 1.29 is 19.7 Å². The lowest BCUT2D eigenvalue weighted by Crippen LogP contribution is -2.53. The molecule has 1 aromatic carbocycles. The van der Waals surface area contributed by atoms with Gasteiger partial charge in [-0.3, -0.25) is 9.69 Å². The lowest BCUT2D eigenvalue weighted by molar-refractivity contribution is -0.113. The second-order valence-electron chi connectivity index (χ2n) is 8.88. The number of hydrogen-bond donors (Lipinski definition) is 4. The summed E-state index contributed by atoms with van der Waals surface area (Å²) in [4.78, 5) is 23.7. The van der Waals surface area contributed by atoms with E-state index in [0.717, 1.165) is 40.0 Å². The van der Waals surface area contributed by atoms with Crippen molar-refractivity contribution in [2.75, 3.05) is 37.8 Å². The summed E-state index contributed by atoms with van der Waals surface area (Å²) in [5, 5.41) is 28.9. The van der Waals surface area contributed by atoms with E-state index in [9.17, 15) is 15.0 Å². The SMILES string of the molecule is COc1ccc2cccc([C@@H](O)CN3CC[C@H](NCc4ccc5c(n4)NC(=O)CS5)[C@@H](O)C3)c2n1.Cl.Cl. The third-order valence-electron chi connectivity index (χ3n) is 6.47. The van der Waals surface area contributed by atoms with Crippen LogP contribution in [-0.4, -0.2) is 75.6 Å². The Morgan fingerprint density at radius 3 is 2.84 bits per heavy atom. The van der Waals surface area contributed by atoms with Crippen molar-refractivity contribution in [3.8, 4) is 5.88 Å². The van der Waals surface area contributed by atoms with Crippen LogP contribution in [0.15, 0.2) is 47.4 Å². The lowest BCUT2D eigenvalue weighted by atomic mass is 9.99. The van der Waals surface area contributed by atoms with Gasteiger partial charge in [-0.05, 0) is 31.2 Å². The minimum Gasteiger partial charge on any atom is -0.481 e. The number of hydrogen-bond acceptors (Lipinski definition) is 9. The average molecular weight is 569 g/mol. The van der Waals surface area contributed by atoms with Gasteiger partial charge in [-0.15, -0.1) is 36.6 Å². The van der Waals surface area contributed by atoms with E-state index in [4.69, 9.17) is 4.74 Å². The van der Waals surface area contributed by atoms with Crippen molar-refractivity contribution >= 4 is 59.2 Å². The zero-order valence-corrected chi connectivity index (χ0v) is 22.7. The Morgan fingerprint density at radius 1 is 1.22 bits per heavy atom. The van der Waals surface area contributed by atoms with Gasteiger partial charge in [-0.2, -0.15) is 0 Å². The fourth-order valence-corrected chi connectivity index (χ4v) is 5.37. The summed E-state index contributed by atoms with van der Waals surface area (Å²) < 4.78 is 5.25. The first-order valence-corrected chi connectivity index (χ1v) is 12.7. The Kier molecular flexibility index (Phi) is 10.4. The summed E-state index contributed by atoms with van der Waals surface area (Å²) in [6, 6.07) is 13.3. The van der Waals surface area contributed by atoms with Gasteiger partial charge in [0, 0.05) is 42.7 Å². The van der Waals surface area contributed by atoms with Gasteiger partial charge in [0.05, 0.1) is 41.2 Å². The van der Waals surface area contributed by atoms with Crippen LogP contribution in [0, 0.1) is 0 Å². The number of aromatic nitrogens is 2. The second-order valence-corrected chi connectivity index (χ2v) is 9.89. The third kappa shape index (κ3) is 6.83. The number of methoxy groups -OCH3 is 1. The molecule has 9 nitrogen and oxygen atoms in total. The van der Waals surface area contributed by atoms with E-state index in [1.165, 1.54) is 11.8 Å². The van der Waals surface area contributed by atoms with Crippen molar-refractivity contribution in [3.63, 3.8) is 0 Å². The molecule has 2 aliphatic rings. The molecule has 37 heavy (non-hydrogen) atoms. The summed E-state index contributed by atoms with van der Waals surface area (Å²) in [5.41, 5.74) is 2.29. The predicted octanol–water partition coefficient (Wildman–Crippen LogP) is 2.78. The first-order valence-electron chi connectivity index (χ1n) is 11.7.